The van der Waals surface area contributed by atoms with Crippen molar-refractivity contribution in [1.82, 2.24) is 15.0 Å². The molecule has 1 aliphatic heterocycles. The van der Waals surface area contributed by atoms with E-state index in [0.717, 1.165) is 11.3 Å². The Kier molecular flexibility index (Phi) is 6.02. The molecule has 3 rings (SSSR count). The molecule has 1 fully saturated rings. The van der Waals surface area contributed by atoms with Gasteiger partial charge in [0.15, 0.2) is 6.10 Å². The number of carboxylic acids is 1. The van der Waals surface area contributed by atoms with E-state index in [-0.39, 0.29) is 25.5 Å². The second-order valence-corrected chi connectivity index (χ2v) is 6.13. The van der Waals surface area contributed by atoms with Gasteiger partial charge in [0.05, 0.1) is 20.3 Å². The van der Waals surface area contributed by atoms with Crippen LogP contribution in [0.5, 0.6) is 5.75 Å². The molecule has 0 saturated carbocycles. The summed E-state index contributed by atoms with van der Waals surface area (Å²) in [6.45, 7) is 0.721. The summed E-state index contributed by atoms with van der Waals surface area (Å²) < 4.78 is 15.5. The van der Waals surface area contributed by atoms with Crippen molar-refractivity contribution in [3.8, 4) is 17.1 Å². The number of methoxy groups -OCH3 is 1. The molecule has 1 atom stereocenters. The lowest BCUT2D eigenvalue weighted by molar-refractivity contribution is -0.159. The number of carbonyl (C=O) groups is 2. The van der Waals surface area contributed by atoms with E-state index in [1.807, 2.05) is 24.3 Å². The molecule has 1 amide bonds. The predicted octanol–water partition coefficient (Wildman–Crippen LogP) is 1.38. The van der Waals surface area contributed by atoms with Gasteiger partial charge in [-0.15, -0.1) is 0 Å². The van der Waals surface area contributed by atoms with E-state index >= 15 is 0 Å². The molecule has 1 aromatic heterocycles. The van der Waals surface area contributed by atoms with Crippen molar-refractivity contribution >= 4 is 11.9 Å². The molecule has 0 bridgehead atoms. The second-order valence-electron chi connectivity index (χ2n) is 6.13. The summed E-state index contributed by atoms with van der Waals surface area (Å²) in [5, 5.41) is 12.9. The van der Waals surface area contributed by atoms with Crippen molar-refractivity contribution in [2.75, 3.05) is 26.8 Å². The topological polar surface area (TPSA) is 115 Å². The van der Waals surface area contributed by atoms with Gasteiger partial charge in [-0.2, -0.15) is 4.98 Å². The Morgan fingerprint density at radius 2 is 2.11 bits per heavy atom. The van der Waals surface area contributed by atoms with Gasteiger partial charge in [0.2, 0.25) is 17.6 Å². The fraction of sp³-hybridized carbons (Fsp3) is 0.444. The predicted molar refractivity (Wildman–Crippen MR) is 93.2 cm³/mol. The normalized spacial score (nSPS) is 16.9. The Labute approximate surface area is 155 Å². The third kappa shape index (κ3) is 4.82. The number of amides is 1. The summed E-state index contributed by atoms with van der Waals surface area (Å²) in [5.41, 5.74) is 0.815. The van der Waals surface area contributed by atoms with E-state index in [9.17, 15) is 9.59 Å². The highest BCUT2D eigenvalue weighted by Crippen LogP contribution is 2.20. The van der Waals surface area contributed by atoms with Crippen molar-refractivity contribution in [2.24, 2.45) is 0 Å². The number of benzene rings is 1. The minimum absolute atomic E-state index is 0.0797. The zero-order chi connectivity index (χ0) is 19.2. The summed E-state index contributed by atoms with van der Waals surface area (Å²) in [7, 11) is 1.60. The van der Waals surface area contributed by atoms with Crippen LogP contribution in [-0.2, 0) is 20.7 Å². The average Bonchev–Trinajstić information content (AvgIpc) is 3.17. The molecule has 1 aliphatic rings. The minimum Gasteiger partial charge on any atom is -0.497 e. The number of carboxylic acid groups (broad SMARTS) is 1. The number of hydrogen-bond donors (Lipinski definition) is 1. The van der Waals surface area contributed by atoms with Crippen LogP contribution in [0.1, 0.15) is 18.7 Å². The Morgan fingerprint density at radius 1 is 1.33 bits per heavy atom. The number of carbonyl (C=O) groups excluding carboxylic acids is 1. The number of aliphatic carboxylic acids is 1. The second kappa shape index (κ2) is 8.63. The van der Waals surface area contributed by atoms with E-state index in [4.69, 9.17) is 19.1 Å². The first-order chi connectivity index (χ1) is 13.1. The quantitative estimate of drug-likeness (QED) is 0.772. The maximum atomic E-state index is 12.2. The first kappa shape index (κ1) is 18.8. The number of aromatic nitrogens is 2. The molecule has 9 nitrogen and oxygen atoms in total. The third-order valence-corrected chi connectivity index (χ3v) is 4.29. The number of nitrogens with zero attached hydrogens (tertiary/aromatic N) is 3. The molecule has 1 saturated heterocycles. The Morgan fingerprint density at radius 3 is 2.81 bits per heavy atom. The zero-order valence-corrected chi connectivity index (χ0v) is 15.0. The van der Waals surface area contributed by atoms with Gasteiger partial charge >= 0.3 is 5.97 Å². The molecule has 0 spiro atoms. The van der Waals surface area contributed by atoms with Crippen LogP contribution >= 0.6 is 0 Å². The third-order valence-electron chi connectivity index (χ3n) is 4.29. The highest BCUT2D eigenvalue weighted by atomic mass is 16.5. The van der Waals surface area contributed by atoms with Crippen molar-refractivity contribution < 1.29 is 28.7 Å². The van der Waals surface area contributed by atoms with Crippen molar-refractivity contribution in [3.63, 3.8) is 0 Å². The van der Waals surface area contributed by atoms with Gasteiger partial charge in [0.1, 0.15) is 5.75 Å². The molecule has 2 aromatic rings. The lowest BCUT2D eigenvalue weighted by Crippen LogP contribution is -2.48. The number of morpholine rings is 1. The molecule has 144 valence electrons. The first-order valence-electron chi connectivity index (χ1n) is 8.66. The van der Waals surface area contributed by atoms with E-state index in [1.54, 1.807) is 7.11 Å². The van der Waals surface area contributed by atoms with Crippen LogP contribution in [0.15, 0.2) is 28.8 Å². The molecular weight excluding hydrogens is 354 g/mol. The van der Waals surface area contributed by atoms with E-state index in [0.29, 0.717) is 31.1 Å². The fourth-order valence-electron chi connectivity index (χ4n) is 2.79. The minimum atomic E-state index is -1.05. The van der Waals surface area contributed by atoms with Gasteiger partial charge in [-0.05, 0) is 30.7 Å². The smallest absolute Gasteiger partial charge is 0.334 e. The summed E-state index contributed by atoms with van der Waals surface area (Å²) >= 11 is 0. The first-order valence-corrected chi connectivity index (χ1v) is 8.66. The van der Waals surface area contributed by atoms with Gasteiger partial charge in [-0.1, -0.05) is 5.16 Å². The zero-order valence-electron chi connectivity index (χ0n) is 15.0. The molecule has 1 aromatic carbocycles. The summed E-state index contributed by atoms with van der Waals surface area (Å²) in [6, 6.07) is 7.32. The lowest BCUT2D eigenvalue weighted by Gasteiger charge is -2.30. The standard InChI is InChI=1S/C18H21N3O6/c1-25-13-7-5-12(6-8-13)17-19-15(27-20-17)3-2-4-16(22)21-9-10-26-14(11-21)18(23)24/h5-8,14H,2-4,9-11H2,1H3,(H,23,24). The van der Waals surface area contributed by atoms with Gasteiger partial charge in [0, 0.05) is 24.9 Å². The Hall–Kier alpha value is -2.94. The lowest BCUT2D eigenvalue weighted by atomic mass is 10.2. The maximum absolute atomic E-state index is 12.2. The van der Waals surface area contributed by atoms with Crippen LogP contribution in [-0.4, -0.2) is 64.9 Å². The molecular formula is C18H21N3O6. The van der Waals surface area contributed by atoms with Gasteiger partial charge in [-0.3, -0.25) is 4.79 Å². The number of aryl methyl sites for hydroxylation is 1. The summed E-state index contributed by atoms with van der Waals surface area (Å²) in [5.74, 6) is 0.536. The van der Waals surface area contributed by atoms with Crippen molar-refractivity contribution in [1.29, 1.82) is 0 Å². The van der Waals surface area contributed by atoms with Crippen LogP contribution in [0.4, 0.5) is 0 Å². The van der Waals surface area contributed by atoms with Crippen LogP contribution in [0.25, 0.3) is 11.4 Å². The van der Waals surface area contributed by atoms with Crippen LogP contribution in [0, 0.1) is 0 Å². The van der Waals surface area contributed by atoms with Crippen LogP contribution < -0.4 is 4.74 Å². The average molecular weight is 375 g/mol. The van der Waals surface area contributed by atoms with E-state index < -0.39 is 12.1 Å². The SMILES string of the molecule is COc1ccc(-c2noc(CCCC(=O)N3CCOC(C(=O)O)C3)n2)cc1. The maximum Gasteiger partial charge on any atom is 0.334 e. The molecule has 1 unspecified atom stereocenters. The van der Waals surface area contributed by atoms with Crippen molar-refractivity contribution in [3.05, 3.63) is 30.2 Å². The summed E-state index contributed by atoms with van der Waals surface area (Å²) in [6.07, 6.45) is 0.345. The number of ether oxygens (including phenoxy) is 2. The Balaban J connectivity index is 1.48. The largest absolute Gasteiger partial charge is 0.497 e. The number of rotatable bonds is 7. The molecule has 0 radical (unpaired) electrons. The molecule has 27 heavy (non-hydrogen) atoms. The molecule has 9 heteroatoms. The van der Waals surface area contributed by atoms with Crippen LogP contribution in [0.2, 0.25) is 0 Å². The molecule has 2 heterocycles. The summed E-state index contributed by atoms with van der Waals surface area (Å²) in [4.78, 5) is 29.1. The van der Waals surface area contributed by atoms with Gasteiger partial charge in [0.25, 0.3) is 0 Å². The fourth-order valence-corrected chi connectivity index (χ4v) is 2.79. The highest BCUT2D eigenvalue weighted by Gasteiger charge is 2.28. The molecule has 1 N–H and O–H groups in total. The monoisotopic (exact) mass is 375 g/mol. The number of hydrogen-bond acceptors (Lipinski definition) is 7. The van der Waals surface area contributed by atoms with E-state index in [2.05, 4.69) is 10.1 Å². The van der Waals surface area contributed by atoms with Crippen molar-refractivity contribution in [2.45, 2.75) is 25.4 Å². The highest BCUT2D eigenvalue weighted by molar-refractivity contribution is 5.78. The van der Waals surface area contributed by atoms with Gasteiger partial charge in [-0.25, -0.2) is 4.79 Å². The van der Waals surface area contributed by atoms with Gasteiger partial charge < -0.3 is 24.0 Å². The molecule has 0 aliphatic carbocycles. The Bertz CT molecular complexity index is 789. The van der Waals surface area contributed by atoms with E-state index in [1.165, 1.54) is 4.90 Å². The van der Waals surface area contributed by atoms with Crippen LogP contribution in [0.3, 0.4) is 0 Å².